The summed E-state index contributed by atoms with van der Waals surface area (Å²) in [6, 6.07) is 13.8. The smallest absolute Gasteiger partial charge is 0.329 e. The van der Waals surface area contributed by atoms with Crippen molar-refractivity contribution < 1.29 is 24.1 Å². The number of pyridine rings is 1. The van der Waals surface area contributed by atoms with Crippen LogP contribution in [-0.2, 0) is 23.1 Å². The molecule has 7 rings (SSSR count). The first-order valence-electron chi connectivity index (χ1n) is 17.0. The van der Waals surface area contributed by atoms with Gasteiger partial charge in [0, 0.05) is 28.2 Å². The van der Waals surface area contributed by atoms with Crippen LogP contribution < -0.4 is 19.5 Å². The molecule has 1 aliphatic heterocycles. The Morgan fingerprint density at radius 3 is 2.76 bits per heavy atom. The van der Waals surface area contributed by atoms with Crippen LogP contribution in [0.5, 0.6) is 17.2 Å². The number of carboxylic acid groups (broad SMARTS) is 1. The van der Waals surface area contributed by atoms with Crippen LogP contribution in [0.25, 0.3) is 0 Å². The van der Waals surface area contributed by atoms with Gasteiger partial charge in [-0.2, -0.15) is 0 Å². The molecule has 2 N–H and O–H groups in total. The molecule has 2 unspecified atom stereocenters. The van der Waals surface area contributed by atoms with Crippen LogP contribution in [0.2, 0.25) is 5.02 Å². The van der Waals surface area contributed by atoms with Crippen LogP contribution in [-0.4, -0.2) is 40.9 Å². The van der Waals surface area contributed by atoms with E-state index in [-0.39, 0.29) is 11.5 Å². The van der Waals surface area contributed by atoms with Crippen LogP contribution >= 0.6 is 11.6 Å². The van der Waals surface area contributed by atoms with Crippen molar-refractivity contribution in [3.05, 3.63) is 76.1 Å². The number of benzene rings is 2. The summed E-state index contributed by atoms with van der Waals surface area (Å²) in [4.78, 5) is 17.5. The van der Waals surface area contributed by atoms with Gasteiger partial charge in [-0.15, -0.1) is 0 Å². The number of halogens is 1. The summed E-state index contributed by atoms with van der Waals surface area (Å²) in [7, 11) is 0. The van der Waals surface area contributed by atoms with Gasteiger partial charge in [0.1, 0.15) is 24.0 Å². The van der Waals surface area contributed by atoms with Gasteiger partial charge in [0.15, 0.2) is 11.5 Å². The summed E-state index contributed by atoms with van der Waals surface area (Å²) in [6.07, 6.45) is 9.78. The van der Waals surface area contributed by atoms with Crippen LogP contribution in [0, 0.1) is 11.8 Å². The van der Waals surface area contributed by atoms with E-state index in [9.17, 15) is 9.90 Å². The van der Waals surface area contributed by atoms with Gasteiger partial charge in [-0.3, -0.25) is 4.98 Å². The van der Waals surface area contributed by atoms with Crippen LogP contribution in [0.15, 0.2) is 48.7 Å². The number of rotatable bonds is 8. The Bertz CT molecular complexity index is 1620. The molecule has 1 spiro atoms. The molecule has 0 bridgehead atoms. The van der Waals surface area contributed by atoms with Gasteiger partial charge in [0.25, 0.3) is 0 Å². The Morgan fingerprint density at radius 1 is 1.15 bits per heavy atom. The second-order valence-corrected chi connectivity index (χ2v) is 14.8. The number of aromatic nitrogens is 1. The molecule has 46 heavy (non-hydrogen) atoms. The minimum atomic E-state index is -1.06. The number of fused-ring (bicyclic) bond motifs is 4. The summed E-state index contributed by atoms with van der Waals surface area (Å²) >= 11 is 6.26. The molecule has 0 radical (unpaired) electrons. The standard InChI is InChI=1S/C38H45ClN2O5/c1-23(21-44-32-10-15-40-31-9-4-6-24(2)35(31)32)16-27-17-26-18-34-33(45-22-25(3)46-34)20-30(26)37(27)11-13-38(14-12-37,36(42)43)41-29-8-5-7-28(39)19-29/h5,7-8,10,15,18-20,23-25,27,41H,4,6,9,11-14,16-17,21-22H2,1-3H3,(H,42,43)/t23-,24-,25?,27?,37?,38?/m1/s1. The second-order valence-electron chi connectivity index (χ2n) is 14.4. The van der Waals surface area contributed by atoms with Gasteiger partial charge in [-0.25, -0.2) is 4.79 Å². The Morgan fingerprint density at radius 2 is 1.98 bits per heavy atom. The second kappa shape index (κ2) is 12.3. The molecule has 1 fully saturated rings. The fourth-order valence-corrected chi connectivity index (χ4v) is 8.97. The summed E-state index contributed by atoms with van der Waals surface area (Å²) < 4.78 is 18.9. The maximum atomic E-state index is 12.9. The lowest BCUT2D eigenvalue weighted by Gasteiger charge is -2.47. The first-order valence-corrected chi connectivity index (χ1v) is 17.4. The number of carboxylic acids is 1. The fourth-order valence-electron chi connectivity index (χ4n) is 8.78. The highest BCUT2D eigenvalue weighted by Gasteiger charge is 2.54. The molecular weight excluding hydrogens is 600 g/mol. The predicted octanol–water partition coefficient (Wildman–Crippen LogP) is 8.36. The molecule has 8 heteroatoms. The van der Waals surface area contributed by atoms with E-state index in [1.54, 1.807) is 12.1 Å². The van der Waals surface area contributed by atoms with Crippen molar-refractivity contribution in [2.24, 2.45) is 11.8 Å². The Kier molecular flexibility index (Phi) is 8.33. The van der Waals surface area contributed by atoms with Crippen LogP contribution in [0.4, 0.5) is 5.69 Å². The summed E-state index contributed by atoms with van der Waals surface area (Å²) in [5, 5.41) is 14.5. The molecule has 2 aromatic carbocycles. The van der Waals surface area contributed by atoms with Crippen molar-refractivity contribution in [3.63, 3.8) is 0 Å². The number of ether oxygens (including phenoxy) is 3. The minimum Gasteiger partial charge on any atom is -0.493 e. The molecule has 3 aliphatic carbocycles. The summed E-state index contributed by atoms with van der Waals surface area (Å²) in [6.45, 7) is 7.77. The SMILES string of the molecule is CC1COc2cc3c(cc2O1)CC(C[C@@H](C)COc1ccnc2c1[C@H](C)CCC2)C31CCC(Nc2cccc(Cl)c2)(C(=O)O)CC1. The Hall–Kier alpha value is -3.45. The van der Waals surface area contributed by atoms with Gasteiger partial charge >= 0.3 is 5.97 Å². The van der Waals surface area contributed by atoms with E-state index < -0.39 is 11.5 Å². The highest BCUT2D eigenvalue weighted by Crippen LogP contribution is 2.58. The molecule has 0 saturated heterocycles. The number of nitrogens with zero attached hydrogens (tertiary/aromatic N) is 1. The molecule has 2 heterocycles. The Balaban J connectivity index is 1.15. The monoisotopic (exact) mass is 644 g/mol. The third kappa shape index (κ3) is 5.69. The number of carbonyl (C=O) groups is 1. The lowest BCUT2D eigenvalue weighted by Crippen LogP contribution is -2.53. The highest BCUT2D eigenvalue weighted by atomic mass is 35.5. The molecule has 3 aromatic rings. The first kappa shape index (κ1) is 31.2. The zero-order chi connectivity index (χ0) is 32.1. The number of anilines is 1. The third-order valence-electron chi connectivity index (χ3n) is 11.2. The zero-order valence-corrected chi connectivity index (χ0v) is 27.9. The van der Waals surface area contributed by atoms with E-state index in [0.29, 0.717) is 48.8 Å². The van der Waals surface area contributed by atoms with E-state index in [2.05, 4.69) is 36.3 Å². The third-order valence-corrected chi connectivity index (χ3v) is 11.4. The molecule has 4 atom stereocenters. The predicted molar refractivity (Wildman–Crippen MR) is 180 cm³/mol. The lowest BCUT2D eigenvalue weighted by molar-refractivity contribution is -0.144. The highest BCUT2D eigenvalue weighted by molar-refractivity contribution is 6.30. The van der Waals surface area contributed by atoms with Gasteiger partial charge in [0.2, 0.25) is 0 Å². The van der Waals surface area contributed by atoms with Crippen molar-refractivity contribution in [1.82, 2.24) is 4.98 Å². The van der Waals surface area contributed by atoms with E-state index in [1.165, 1.54) is 35.2 Å². The zero-order valence-electron chi connectivity index (χ0n) is 27.1. The van der Waals surface area contributed by atoms with E-state index in [1.807, 2.05) is 31.3 Å². The molecule has 4 aliphatic rings. The molecule has 7 nitrogen and oxygen atoms in total. The van der Waals surface area contributed by atoms with Crippen molar-refractivity contribution in [1.29, 1.82) is 0 Å². The normalized spacial score (nSPS) is 28.7. The van der Waals surface area contributed by atoms with Gasteiger partial charge < -0.3 is 24.6 Å². The topological polar surface area (TPSA) is 89.9 Å². The summed E-state index contributed by atoms with van der Waals surface area (Å²) in [5.41, 5.74) is 4.62. The van der Waals surface area contributed by atoms with Gasteiger partial charge in [-0.05, 0) is 135 Å². The maximum Gasteiger partial charge on any atom is 0.329 e. The van der Waals surface area contributed by atoms with E-state index >= 15 is 0 Å². The fraction of sp³-hybridized carbons (Fsp3) is 0.526. The minimum absolute atomic E-state index is 0.0129. The van der Waals surface area contributed by atoms with Crippen molar-refractivity contribution in [2.45, 2.75) is 102 Å². The lowest BCUT2D eigenvalue weighted by atomic mass is 9.59. The molecular formula is C38H45ClN2O5. The van der Waals surface area contributed by atoms with Crippen molar-refractivity contribution >= 4 is 23.3 Å². The first-order chi connectivity index (χ1) is 22.2. The molecule has 0 amide bonds. The average Bonchev–Trinajstić information content (AvgIpc) is 3.31. The van der Waals surface area contributed by atoms with Crippen LogP contribution in [0.3, 0.4) is 0 Å². The van der Waals surface area contributed by atoms with Crippen LogP contribution in [0.1, 0.15) is 94.0 Å². The molecule has 1 saturated carbocycles. The van der Waals surface area contributed by atoms with E-state index in [0.717, 1.165) is 55.0 Å². The molecule has 244 valence electrons. The largest absolute Gasteiger partial charge is 0.493 e. The number of nitrogens with one attached hydrogen (secondary N) is 1. The quantitative estimate of drug-likeness (QED) is 0.255. The number of hydrogen-bond donors (Lipinski definition) is 2. The maximum absolute atomic E-state index is 12.9. The Labute approximate surface area is 277 Å². The van der Waals surface area contributed by atoms with Crippen molar-refractivity contribution in [3.8, 4) is 17.2 Å². The number of aryl methyl sites for hydroxylation is 1. The number of hydrogen-bond acceptors (Lipinski definition) is 6. The van der Waals surface area contributed by atoms with E-state index in [4.69, 9.17) is 25.8 Å². The van der Waals surface area contributed by atoms with Crippen molar-refractivity contribution in [2.75, 3.05) is 18.5 Å². The summed E-state index contributed by atoms with van der Waals surface area (Å²) in [5.74, 6) is 2.93. The van der Waals surface area contributed by atoms with Gasteiger partial charge in [0.05, 0.1) is 6.61 Å². The van der Waals surface area contributed by atoms with Gasteiger partial charge in [-0.1, -0.05) is 31.5 Å². The number of aliphatic carboxylic acids is 1. The molecule has 1 aromatic heterocycles. The average molecular weight is 645 g/mol.